The Hall–Kier alpha value is -1.17. The first kappa shape index (κ1) is 13.8. The van der Waals surface area contributed by atoms with Crippen molar-refractivity contribution in [2.24, 2.45) is 0 Å². The summed E-state index contributed by atoms with van der Waals surface area (Å²) in [5.74, 6) is -0.524. The van der Waals surface area contributed by atoms with Gasteiger partial charge in [0, 0.05) is 17.7 Å². The Balaban J connectivity index is 1.62. The molecule has 2 aliphatic rings. The molecule has 1 saturated heterocycles. The number of rotatable bonds is 3. The molecule has 1 N–H and O–H groups in total. The second-order valence-corrected chi connectivity index (χ2v) is 7.08. The van der Waals surface area contributed by atoms with E-state index in [0.717, 1.165) is 17.3 Å². The van der Waals surface area contributed by atoms with Gasteiger partial charge >= 0.3 is 5.97 Å². The number of esters is 1. The molecule has 4 nitrogen and oxygen atoms in total. The van der Waals surface area contributed by atoms with E-state index in [0.29, 0.717) is 17.0 Å². The van der Waals surface area contributed by atoms with Gasteiger partial charge in [0.1, 0.15) is 18.2 Å². The average Bonchev–Trinajstić information content (AvgIpc) is 2.94. The van der Waals surface area contributed by atoms with Gasteiger partial charge in [-0.1, -0.05) is 6.07 Å². The second kappa shape index (κ2) is 4.98. The smallest absolute Gasteiger partial charge is 0.340 e. The molecule has 0 aliphatic carbocycles. The minimum Gasteiger partial charge on any atom is -0.460 e. The number of carbonyl (C=O) groups is 1. The van der Waals surface area contributed by atoms with E-state index in [1.807, 2.05) is 11.4 Å². The number of fused-ring (bicyclic) bond motifs is 2. The van der Waals surface area contributed by atoms with Gasteiger partial charge < -0.3 is 14.3 Å². The molecule has 1 aromatic rings. The Bertz CT molecular complexity index is 505. The molecule has 1 fully saturated rings. The van der Waals surface area contributed by atoms with Gasteiger partial charge in [-0.2, -0.15) is 0 Å². The predicted molar refractivity (Wildman–Crippen MR) is 77.2 cm³/mol. The second-order valence-electron chi connectivity index (χ2n) is 6.10. The topological polar surface area (TPSA) is 46.5 Å². The molecule has 3 atom stereocenters. The number of likely N-dealkylation sites (N-methyl/N-ethyl adjacent to an activating group) is 1. The third kappa shape index (κ3) is 2.30. The Morgan fingerprint density at radius 3 is 2.60 bits per heavy atom. The largest absolute Gasteiger partial charge is 0.460 e. The lowest BCUT2D eigenvalue weighted by Gasteiger charge is -2.43. The lowest BCUT2D eigenvalue weighted by atomic mass is 9.96. The fourth-order valence-corrected chi connectivity index (χ4v) is 3.87. The average molecular weight is 294 g/mol. The molecule has 3 heterocycles. The van der Waals surface area contributed by atoms with Crippen molar-refractivity contribution in [1.82, 2.24) is 0 Å². The fraction of sp³-hybridized carbons (Fsp3) is 0.533. The van der Waals surface area contributed by atoms with Crippen molar-refractivity contribution in [2.75, 3.05) is 14.1 Å². The molecule has 1 aromatic heterocycles. The molecule has 0 amide bonds. The zero-order valence-corrected chi connectivity index (χ0v) is 12.5. The first-order chi connectivity index (χ1) is 9.48. The SMILES string of the molecule is C[N+]1(C)C2C=CC1CC(OC(=O)C(O)c1cccs1)C2. The Morgan fingerprint density at radius 2 is 2.05 bits per heavy atom. The zero-order chi connectivity index (χ0) is 14.3. The van der Waals surface area contributed by atoms with Gasteiger partial charge in [0.05, 0.1) is 14.1 Å². The number of thiophene rings is 1. The summed E-state index contributed by atoms with van der Waals surface area (Å²) >= 11 is 1.37. The molecule has 0 aromatic carbocycles. The fourth-order valence-electron chi connectivity index (χ4n) is 3.17. The lowest BCUT2D eigenvalue weighted by Crippen LogP contribution is -2.57. The van der Waals surface area contributed by atoms with Crippen LogP contribution in [0.2, 0.25) is 0 Å². The van der Waals surface area contributed by atoms with Gasteiger partial charge in [-0.3, -0.25) is 0 Å². The van der Waals surface area contributed by atoms with Gasteiger partial charge in [0.25, 0.3) is 0 Å². The van der Waals surface area contributed by atoms with Crippen LogP contribution in [-0.2, 0) is 9.53 Å². The van der Waals surface area contributed by atoms with Gasteiger partial charge in [-0.05, 0) is 23.6 Å². The molecule has 20 heavy (non-hydrogen) atoms. The molecule has 3 rings (SSSR count). The van der Waals surface area contributed by atoms with E-state index in [9.17, 15) is 9.90 Å². The molecular weight excluding hydrogens is 274 g/mol. The molecule has 0 radical (unpaired) electrons. The van der Waals surface area contributed by atoms with Crippen LogP contribution in [-0.4, -0.2) is 47.8 Å². The summed E-state index contributed by atoms with van der Waals surface area (Å²) in [4.78, 5) is 12.7. The maximum absolute atomic E-state index is 12.0. The molecule has 2 bridgehead atoms. The van der Waals surface area contributed by atoms with E-state index < -0.39 is 12.1 Å². The predicted octanol–water partition coefficient (Wildman–Crippen LogP) is 1.87. The number of carbonyl (C=O) groups excluding carboxylic acids is 1. The molecule has 3 unspecified atom stereocenters. The summed E-state index contributed by atoms with van der Waals surface area (Å²) in [5, 5.41) is 11.8. The highest BCUT2D eigenvalue weighted by atomic mass is 32.1. The van der Waals surface area contributed by atoms with Crippen LogP contribution < -0.4 is 0 Å². The molecular formula is C15H20NO3S+. The highest BCUT2D eigenvalue weighted by Gasteiger charge is 2.46. The van der Waals surface area contributed by atoms with Crippen molar-refractivity contribution in [1.29, 1.82) is 0 Å². The molecule has 0 spiro atoms. The van der Waals surface area contributed by atoms with Crippen LogP contribution in [0.25, 0.3) is 0 Å². The first-order valence-electron chi connectivity index (χ1n) is 6.92. The summed E-state index contributed by atoms with van der Waals surface area (Å²) < 4.78 is 6.46. The van der Waals surface area contributed by atoms with Crippen molar-refractivity contribution in [3.63, 3.8) is 0 Å². The van der Waals surface area contributed by atoms with E-state index in [-0.39, 0.29) is 6.10 Å². The van der Waals surface area contributed by atoms with Crippen LogP contribution in [0.15, 0.2) is 29.7 Å². The number of hydrogen-bond acceptors (Lipinski definition) is 4. The third-order valence-electron chi connectivity index (χ3n) is 4.59. The molecule has 5 heteroatoms. The number of aliphatic hydroxyl groups excluding tert-OH is 1. The number of hydrogen-bond donors (Lipinski definition) is 1. The number of piperidine rings is 1. The standard InChI is InChI=1S/C15H20NO3S/c1-16(2)10-5-6-11(16)9-12(8-10)19-15(18)14(17)13-4-3-7-20-13/h3-7,10-12,14,17H,8-9H2,1-2H3/q+1. The van der Waals surface area contributed by atoms with E-state index >= 15 is 0 Å². The molecule has 0 saturated carbocycles. The van der Waals surface area contributed by atoms with Crippen molar-refractivity contribution in [3.8, 4) is 0 Å². The van der Waals surface area contributed by atoms with Gasteiger partial charge in [-0.25, -0.2) is 4.79 Å². The Kier molecular flexibility index (Phi) is 3.44. The zero-order valence-electron chi connectivity index (χ0n) is 11.7. The van der Waals surface area contributed by atoms with Crippen LogP contribution in [0.4, 0.5) is 0 Å². The summed E-state index contributed by atoms with van der Waals surface area (Å²) in [6, 6.07) is 4.39. The summed E-state index contributed by atoms with van der Waals surface area (Å²) in [5.41, 5.74) is 0. The lowest BCUT2D eigenvalue weighted by molar-refractivity contribution is -0.926. The summed E-state index contributed by atoms with van der Waals surface area (Å²) in [6.07, 6.45) is 4.90. The van der Waals surface area contributed by atoms with E-state index in [1.54, 1.807) is 6.07 Å². The normalized spacial score (nSPS) is 32.0. The van der Waals surface area contributed by atoms with Crippen molar-refractivity contribution in [3.05, 3.63) is 34.5 Å². The Labute approximate surface area is 122 Å². The number of quaternary nitrogens is 1. The van der Waals surface area contributed by atoms with Crippen molar-refractivity contribution < 1.29 is 19.1 Å². The third-order valence-corrected chi connectivity index (χ3v) is 5.52. The maximum Gasteiger partial charge on any atom is 0.340 e. The monoisotopic (exact) mass is 294 g/mol. The van der Waals surface area contributed by atoms with E-state index in [1.165, 1.54) is 11.3 Å². The van der Waals surface area contributed by atoms with Gasteiger partial charge in [0.2, 0.25) is 0 Å². The van der Waals surface area contributed by atoms with Crippen LogP contribution >= 0.6 is 11.3 Å². The van der Waals surface area contributed by atoms with Crippen LogP contribution in [0, 0.1) is 0 Å². The van der Waals surface area contributed by atoms with Crippen LogP contribution in [0.3, 0.4) is 0 Å². The summed E-state index contributed by atoms with van der Waals surface area (Å²) in [7, 11) is 4.43. The van der Waals surface area contributed by atoms with E-state index in [2.05, 4.69) is 26.2 Å². The van der Waals surface area contributed by atoms with Crippen molar-refractivity contribution >= 4 is 17.3 Å². The van der Waals surface area contributed by atoms with E-state index in [4.69, 9.17) is 4.74 Å². The number of ether oxygens (including phenoxy) is 1. The highest BCUT2D eigenvalue weighted by molar-refractivity contribution is 7.10. The first-order valence-corrected chi connectivity index (χ1v) is 7.80. The van der Waals surface area contributed by atoms with Crippen LogP contribution in [0.1, 0.15) is 23.8 Å². The molecule has 2 aliphatic heterocycles. The molecule has 108 valence electrons. The van der Waals surface area contributed by atoms with Gasteiger partial charge in [-0.15, -0.1) is 11.3 Å². The minimum atomic E-state index is -1.15. The Morgan fingerprint density at radius 1 is 1.40 bits per heavy atom. The highest BCUT2D eigenvalue weighted by Crippen LogP contribution is 2.36. The van der Waals surface area contributed by atoms with Crippen molar-refractivity contribution in [2.45, 2.75) is 37.1 Å². The van der Waals surface area contributed by atoms with Crippen LogP contribution in [0.5, 0.6) is 0 Å². The van der Waals surface area contributed by atoms with Gasteiger partial charge in [0.15, 0.2) is 6.10 Å². The quantitative estimate of drug-likeness (QED) is 0.526. The summed E-state index contributed by atoms with van der Waals surface area (Å²) in [6.45, 7) is 0. The number of aliphatic hydroxyl groups is 1. The maximum atomic E-state index is 12.0. The minimum absolute atomic E-state index is 0.0896. The number of nitrogens with zero attached hydrogens (tertiary/aromatic N) is 1.